The van der Waals surface area contributed by atoms with E-state index in [0.29, 0.717) is 18.0 Å². The molecule has 1 N–H and O–H groups in total. The van der Waals surface area contributed by atoms with Gasteiger partial charge in [-0.15, -0.1) is 11.8 Å². The standard InChI is InChI=1S/C27H25N3O2S/c1-32-22-9-5-8-21(17-22)28-27(31)30-18-20-7-3-4-10-24(20)29-16-6-11-25(29)26(30)19-12-14-23(33-2)15-13-19/h3-17,26H,18H2,1-2H3,(H,28,31)/t26-/m1/s1. The van der Waals surface area contributed by atoms with Crippen LogP contribution in [-0.4, -0.2) is 28.9 Å². The van der Waals surface area contributed by atoms with Gasteiger partial charge >= 0.3 is 6.03 Å². The van der Waals surface area contributed by atoms with Crippen LogP contribution in [0.25, 0.3) is 5.69 Å². The van der Waals surface area contributed by atoms with Crippen molar-refractivity contribution in [3.8, 4) is 11.4 Å². The van der Waals surface area contributed by atoms with Gasteiger partial charge in [0.15, 0.2) is 0 Å². The largest absolute Gasteiger partial charge is 0.497 e. The van der Waals surface area contributed by atoms with Crippen LogP contribution in [0, 0.1) is 0 Å². The number of amides is 2. The number of para-hydroxylation sites is 1. The number of nitrogens with zero attached hydrogens (tertiary/aromatic N) is 2. The maximum Gasteiger partial charge on any atom is 0.322 e. The Hall–Kier alpha value is -3.64. The predicted octanol–water partition coefficient (Wildman–Crippen LogP) is 6.34. The normalized spacial score (nSPS) is 14.7. The molecule has 1 aromatic heterocycles. The fourth-order valence-electron chi connectivity index (χ4n) is 4.37. The van der Waals surface area contributed by atoms with E-state index < -0.39 is 0 Å². The van der Waals surface area contributed by atoms with Crippen LogP contribution in [0.5, 0.6) is 5.75 Å². The minimum absolute atomic E-state index is 0.161. The molecule has 2 heterocycles. The van der Waals surface area contributed by atoms with E-state index in [1.165, 1.54) is 4.90 Å². The van der Waals surface area contributed by atoms with E-state index in [9.17, 15) is 4.79 Å². The van der Waals surface area contributed by atoms with E-state index in [2.05, 4.69) is 64.8 Å². The Morgan fingerprint density at radius 1 is 1.00 bits per heavy atom. The zero-order valence-electron chi connectivity index (χ0n) is 18.6. The van der Waals surface area contributed by atoms with Crippen molar-refractivity contribution in [2.75, 3.05) is 18.7 Å². The molecule has 0 spiro atoms. The number of carbonyl (C=O) groups is 1. The molecule has 1 aliphatic heterocycles. The smallest absolute Gasteiger partial charge is 0.322 e. The highest BCUT2D eigenvalue weighted by Crippen LogP contribution is 2.37. The summed E-state index contributed by atoms with van der Waals surface area (Å²) in [5, 5.41) is 3.08. The predicted molar refractivity (Wildman–Crippen MR) is 133 cm³/mol. The Morgan fingerprint density at radius 2 is 1.82 bits per heavy atom. The maximum atomic E-state index is 13.7. The van der Waals surface area contributed by atoms with Crippen molar-refractivity contribution in [2.45, 2.75) is 17.5 Å². The number of ether oxygens (including phenoxy) is 1. The quantitative estimate of drug-likeness (QED) is 0.365. The molecular formula is C27H25N3O2S. The fourth-order valence-corrected chi connectivity index (χ4v) is 4.78. The zero-order chi connectivity index (χ0) is 22.8. The van der Waals surface area contributed by atoms with Crippen LogP contribution in [0.3, 0.4) is 0 Å². The summed E-state index contributed by atoms with van der Waals surface area (Å²) in [4.78, 5) is 16.8. The Kier molecular flexibility index (Phi) is 5.84. The highest BCUT2D eigenvalue weighted by molar-refractivity contribution is 7.98. The summed E-state index contributed by atoms with van der Waals surface area (Å²) in [5.74, 6) is 0.701. The Balaban J connectivity index is 1.60. The second-order valence-corrected chi connectivity index (χ2v) is 8.78. The summed E-state index contributed by atoms with van der Waals surface area (Å²) in [5.41, 5.74) is 5.02. The second-order valence-electron chi connectivity index (χ2n) is 7.90. The van der Waals surface area contributed by atoms with Crippen LogP contribution in [0.15, 0.2) is 96.0 Å². The van der Waals surface area contributed by atoms with E-state index in [1.54, 1.807) is 18.9 Å². The Bertz CT molecular complexity index is 1280. The number of aromatic nitrogens is 1. The molecule has 0 bridgehead atoms. The number of urea groups is 1. The van der Waals surface area contributed by atoms with Crippen molar-refractivity contribution < 1.29 is 9.53 Å². The van der Waals surface area contributed by atoms with E-state index in [0.717, 1.165) is 22.5 Å². The van der Waals surface area contributed by atoms with Gasteiger partial charge in [0.25, 0.3) is 0 Å². The lowest BCUT2D eigenvalue weighted by atomic mass is 10.0. The van der Waals surface area contributed by atoms with E-state index >= 15 is 0 Å². The minimum atomic E-state index is -0.242. The van der Waals surface area contributed by atoms with Crippen LogP contribution in [0.1, 0.15) is 22.9 Å². The second kappa shape index (κ2) is 9.08. The maximum absolute atomic E-state index is 13.7. The number of nitrogens with one attached hydrogen (secondary N) is 1. The first-order chi connectivity index (χ1) is 16.2. The SMILES string of the molecule is COc1cccc(NC(=O)N2Cc3ccccc3-n3cccc3[C@H]2c2ccc(SC)cc2)c1. The number of anilines is 1. The summed E-state index contributed by atoms with van der Waals surface area (Å²) < 4.78 is 7.52. The van der Waals surface area contributed by atoms with Gasteiger partial charge in [-0.3, -0.25) is 0 Å². The molecule has 0 saturated carbocycles. The highest BCUT2D eigenvalue weighted by atomic mass is 32.2. The molecule has 5 rings (SSSR count). The molecule has 33 heavy (non-hydrogen) atoms. The number of rotatable bonds is 4. The lowest BCUT2D eigenvalue weighted by molar-refractivity contribution is 0.194. The van der Waals surface area contributed by atoms with Crippen molar-refractivity contribution in [1.82, 2.24) is 9.47 Å². The molecular weight excluding hydrogens is 430 g/mol. The third kappa shape index (κ3) is 4.10. The number of carbonyl (C=O) groups excluding carboxylic acids is 1. The number of hydrogen-bond acceptors (Lipinski definition) is 3. The average Bonchev–Trinajstić information content (AvgIpc) is 3.28. The summed E-state index contributed by atoms with van der Waals surface area (Å²) >= 11 is 1.71. The molecule has 0 aliphatic carbocycles. The summed E-state index contributed by atoms with van der Waals surface area (Å²) in [6.45, 7) is 0.489. The lowest BCUT2D eigenvalue weighted by Gasteiger charge is -2.31. The van der Waals surface area contributed by atoms with Crippen molar-refractivity contribution in [1.29, 1.82) is 0 Å². The van der Waals surface area contributed by atoms with Gasteiger partial charge in [0.05, 0.1) is 25.4 Å². The summed E-state index contributed by atoms with van der Waals surface area (Å²) in [6, 6.07) is 27.9. The van der Waals surface area contributed by atoms with E-state index in [1.807, 2.05) is 47.4 Å². The van der Waals surface area contributed by atoms with Crippen LogP contribution >= 0.6 is 11.8 Å². The van der Waals surface area contributed by atoms with Gasteiger partial charge in [0.1, 0.15) is 5.75 Å². The average molecular weight is 456 g/mol. The molecule has 5 nitrogen and oxygen atoms in total. The number of methoxy groups -OCH3 is 1. The monoisotopic (exact) mass is 455 g/mol. The molecule has 6 heteroatoms. The van der Waals surface area contributed by atoms with Crippen molar-refractivity contribution in [3.05, 3.63) is 108 Å². The third-order valence-electron chi connectivity index (χ3n) is 5.98. The van der Waals surface area contributed by atoms with Crippen molar-refractivity contribution >= 4 is 23.5 Å². The first-order valence-electron chi connectivity index (χ1n) is 10.8. The zero-order valence-corrected chi connectivity index (χ0v) is 19.4. The molecule has 2 amide bonds. The van der Waals surface area contributed by atoms with Crippen LogP contribution in [-0.2, 0) is 6.54 Å². The van der Waals surface area contributed by atoms with E-state index in [4.69, 9.17) is 4.74 Å². The fraction of sp³-hybridized carbons (Fsp3) is 0.148. The summed E-state index contributed by atoms with van der Waals surface area (Å²) in [6.07, 6.45) is 4.14. The molecule has 166 valence electrons. The van der Waals surface area contributed by atoms with Crippen LogP contribution in [0.4, 0.5) is 10.5 Å². The van der Waals surface area contributed by atoms with Gasteiger partial charge in [0, 0.05) is 28.5 Å². The molecule has 1 aliphatic rings. The lowest BCUT2D eigenvalue weighted by Crippen LogP contribution is -2.37. The molecule has 1 atom stereocenters. The highest BCUT2D eigenvalue weighted by Gasteiger charge is 2.33. The van der Waals surface area contributed by atoms with Gasteiger partial charge in [-0.05, 0) is 59.8 Å². The molecule has 3 aromatic carbocycles. The minimum Gasteiger partial charge on any atom is -0.497 e. The van der Waals surface area contributed by atoms with Gasteiger partial charge in [0.2, 0.25) is 0 Å². The molecule has 0 saturated heterocycles. The van der Waals surface area contributed by atoms with E-state index in [-0.39, 0.29) is 12.1 Å². The first kappa shape index (κ1) is 21.2. The number of benzene rings is 3. The molecule has 0 fully saturated rings. The van der Waals surface area contributed by atoms with Crippen molar-refractivity contribution in [2.24, 2.45) is 0 Å². The van der Waals surface area contributed by atoms with Crippen LogP contribution in [0.2, 0.25) is 0 Å². The topological polar surface area (TPSA) is 46.5 Å². The van der Waals surface area contributed by atoms with Crippen molar-refractivity contribution in [3.63, 3.8) is 0 Å². The van der Waals surface area contributed by atoms with Gasteiger partial charge in [-0.1, -0.05) is 36.4 Å². The number of thioether (sulfide) groups is 1. The summed E-state index contributed by atoms with van der Waals surface area (Å²) in [7, 11) is 1.62. The Morgan fingerprint density at radius 3 is 2.61 bits per heavy atom. The van der Waals surface area contributed by atoms with Gasteiger partial charge < -0.3 is 19.5 Å². The first-order valence-corrected chi connectivity index (χ1v) is 12.0. The molecule has 0 radical (unpaired) electrons. The Labute approximate surface area is 198 Å². The van der Waals surface area contributed by atoms with Gasteiger partial charge in [-0.25, -0.2) is 4.79 Å². The number of hydrogen-bond donors (Lipinski definition) is 1. The van der Waals surface area contributed by atoms with Gasteiger partial charge in [-0.2, -0.15) is 0 Å². The molecule has 0 unspecified atom stereocenters. The van der Waals surface area contributed by atoms with Crippen LogP contribution < -0.4 is 10.1 Å². The number of fused-ring (bicyclic) bond motifs is 3. The molecule has 4 aromatic rings. The third-order valence-corrected chi connectivity index (χ3v) is 6.72.